The highest BCUT2D eigenvalue weighted by Crippen LogP contribution is 2.41. The van der Waals surface area contributed by atoms with Gasteiger partial charge in [0.25, 0.3) is 0 Å². The lowest BCUT2D eigenvalue weighted by Gasteiger charge is -2.43. The maximum Gasteiger partial charge on any atom is 0.195 e. The quantitative estimate of drug-likeness (QED) is 0.610. The molecule has 0 spiro atoms. The molecule has 0 saturated heterocycles. The first-order valence-corrected chi connectivity index (χ1v) is 7.83. The van der Waals surface area contributed by atoms with E-state index in [-0.39, 0.29) is 5.60 Å². The van der Waals surface area contributed by atoms with Gasteiger partial charge < -0.3 is 4.43 Å². The highest BCUT2D eigenvalue weighted by Gasteiger charge is 2.42. The Labute approximate surface area is 85.0 Å². The van der Waals surface area contributed by atoms with Gasteiger partial charge >= 0.3 is 0 Å². The van der Waals surface area contributed by atoms with Gasteiger partial charge in [0.15, 0.2) is 8.32 Å². The fourth-order valence-corrected chi connectivity index (χ4v) is 4.29. The van der Waals surface area contributed by atoms with Crippen molar-refractivity contribution in [2.45, 2.75) is 71.7 Å². The van der Waals surface area contributed by atoms with Crippen LogP contribution in [-0.2, 0) is 4.43 Å². The van der Waals surface area contributed by atoms with Gasteiger partial charge in [0.2, 0.25) is 0 Å². The Kier molecular flexibility index (Phi) is 3.79. The van der Waals surface area contributed by atoms with Gasteiger partial charge in [-0.05, 0) is 38.4 Å². The highest BCUT2D eigenvalue weighted by atomic mass is 28.4. The first-order chi connectivity index (χ1) is 5.52. The van der Waals surface area contributed by atoms with Crippen molar-refractivity contribution in [3.63, 3.8) is 0 Å². The summed E-state index contributed by atoms with van der Waals surface area (Å²) in [5, 5.41) is 0.328. The highest BCUT2D eigenvalue weighted by molar-refractivity contribution is 6.75. The average molecular weight is 202 g/mol. The summed E-state index contributed by atoms with van der Waals surface area (Å²) in [6.07, 6.45) is 0. The molecule has 0 aromatic carbocycles. The largest absolute Gasteiger partial charge is 0.412 e. The Morgan fingerprint density at radius 2 is 1.38 bits per heavy atom. The SMILES string of the molecule is CC[Si](C)(OC(C)(C)C)C(C)(C)C. The molecule has 1 atom stereocenters. The summed E-state index contributed by atoms with van der Waals surface area (Å²) in [5.74, 6) is 0. The van der Waals surface area contributed by atoms with Crippen LogP contribution in [0.3, 0.4) is 0 Å². The second-order valence-electron chi connectivity index (χ2n) is 6.05. The summed E-state index contributed by atoms with van der Waals surface area (Å²) in [4.78, 5) is 0. The van der Waals surface area contributed by atoms with Crippen LogP contribution in [0.15, 0.2) is 0 Å². The molecule has 0 aliphatic rings. The lowest BCUT2D eigenvalue weighted by molar-refractivity contribution is 0.110. The second kappa shape index (κ2) is 3.74. The van der Waals surface area contributed by atoms with E-state index >= 15 is 0 Å². The summed E-state index contributed by atoms with van der Waals surface area (Å²) in [6, 6.07) is 1.19. The molecule has 0 rings (SSSR count). The van der Waals surface area contributed by atoms with Gasteiger partial charge in [-0.1, -0.05) is 27.7 Å². The lowest BCUT2D eigenvalue weighted by Crippen LogP contribution is -2.48. The van der Waals surface area contributed by atoms with Gasteiger partial charge in [0, 0.05) is 5.60 Å². The summed E-state index contributed by atoms with van der Waals surface area (Å²) < 4.78 is 6.28. The van der Waals surface area contributed by atoms with Crippen molar-refractivity contribution in [2.75, 3.05) is 0 Å². The fraction of sp³-hybridized carbons (Fsp3) is 1.00. The summed E-state index contributed by atoms with van der Waals surface area (Å²) in [7, 11) is -1.56. The fourth-order valence-electron chi connectivity index (χ4n) is 1.43. The first-order valence-electron chi connectivity index (χ1n) is 5.22. The molecular weight excluding hydrogens is 176 g/mol. The molecule has 0 aromatic heterocycles. The minimum absolute atomic E-state index is 0.00423. The zero-order valence-electron chi connectivity index (χ0n) is 10.6. The van der Waals surface area contributed by atoms with Crippen LogP contribution >= 0.6 is 0 Å². The Hall–Kier alpha value is 0.177. The Bertz CT molecular complexity index is 164. The van der Waals surface area contributed by atoms with Crippen molar-refractivity contribution >= 4 is 8.32 Å². The Morgan fingerprint density at radius 3 is 1.46 bits per heavy atom. The molecular formula is C11H26OSi. The van der Waals surface area contributed by atoms with Crippen LogP contribution in [-0.4, -0.2) is 13.9 Å². The minimum Gasteiger partial charge on any atom is -0.412 e. The van der Waals surface area contributed by atoms with Crippen LogP contribution in [0.2, 0.25) is 17.6 Å². The van der Waals surface area contributed by atoms with Crippen molar-refractivity contribution in [1.29, 1.82) is 0 Å². The van der Waals surface area contributed by atoms with Crippen molar-refractivity contribution in [2.24, 2.45) is 0 Å². The molecule has 0 fully saturated rings. The lowest BCUT2D eigenvalue weighted by atomic mass is 10.2. The van der Waals surface area contributed by atoms with Crippen LogP contribution in [0.25, 0.3) is 0 Å². The monoisotopic (exact) mass is 202 g/mol. The van der Waals surface area contributed by atoms with Gasteiger partial charge in [-0.3, -0.25) is 0 Å². The van der Waals surface area contributed by atoms with E-state index in [0.29, 0.717) is 5.04 Å². The summed E-state index contributed by atoms with van der Waals surface area (Å²) >= 11 is 0. The van der Waals surface area contributed by atoms with E-state index in [9.17, 15) is 0 Å². The standard InChI is InChI=1S/C11H26OSi/c1-9-13(8,11(5,6)7)12-10(2,3)4/h9H2,1-8H3. The van der Waals surface area contributed by atoms with E-state index in [0.717, 1.165) is 0 Å². The van der Waals surface area contributed by atoms with Crippen LogP contribution < -0.4 is 0 Å². The van der Waals surface area contributed by atoms with Crippen LogP contribution in [0.5, 0.6) is 0 Å². The molecule has 1 unspecified atom stereocenters. The minimum atomic E-state index is -1.56. The normalized spacial score (nSPS) is 18.5. The molecule has 0 saturated carbocycles. The van der Waals surface area contributed by atoms with Gasteiger partial charge in [-0.2, -0.15) is 0 Å². The Balaban J connectivity index is 4.67. The maximum absolute atomic E-state index is 6.28. The third-order valence-electron chi connectivity index (χ3n) is 2.79. The predicted octanol–water partition coefficient (Wildman–Crippen LogP) is 4.20. The summed E-state index contributed by atoms with van der Waals surface area (Å²) in [6.45, 7) is 18.0. The van der Waals surface area contributed by atoms with Crippen LogP contribution in [0, 0.1) is 0 Å². The molecule has 13 heavy (non-hydrogen) atoms. The van der Waals surface area contributed by atoms with E-state index in [2.05, 4.69) is 55.0 Å². The molecule has 0 aromatic rings. The molecule has 0 bridgehead atoms. The van der Waals surface area contributed by atoms with Crippen molar-refractivity contribution in [1.82, 2.24) is 0 Å². The molecule has 0 amide bonds. The van der Waals surface area contributed by atoms with Gasteiger partial charge in [0.1, 0.15) is 0 Å². The van der Waals surface area contributed by atoms with E-state index in [4.69, 9.17) is 4.43 Å². The van der Waals surface area contributed by atoms with E-state index in [1.807, 2.05) is 0 Å². The van der Waals surface area contributed by atoms with Crippen LogP contribution in [0.4, 0.5) is 0 Å². The van der Waals surface area contributed by atoms with Crippen molar-refractivity contribution in [3.05, 3.63) is 0 Å². The maximum atomic E-state index is 6.28. The Morgan fingerprint density at radius 1 is 1.00 bits per heavy atom. The molecule has 0 N–H and O–H groups in total. The molecule has 0 radical (unpaired) electrons. The topological polar surface area (TPSA) is 9.23 Å². The van der Waals surface area contributed by atoms with Gasteiger partial charge in [-0.15, -0.1) is 0 Å². The molecule has 0 aliphatic carbocycles. The van der Waals surface area contributed by atoms with Crippen molar-refractivity contribution < 1.29 is 4.43 Å². The smallest absolute Gasteiger partial charge is 0.195 e. The molecule has 0 heterocycles. The average Bonchev–Trinajstić information content (AvgIpc) is 1.81. The first kappa shape index (κ1) is 13.2. The summed E-state index contributed by atoms with van der Waals surface area (Å²) in [5.41, 5.74) is 0.00423. The van der Waals surface area contributed by atoms with Crippen molar-refractivity contribution in [3.8, 4) is 0 Å². The number of hydrogen-bond acceptors (Lipinski definition) is 1. The number of rotatable bonds is 2. The van der Waals surface area contributed by atoms with Gasteiger partial charge in [0.05, 0.1) is 0 Å². The number of hydrogen-bond donors (Lipinski definition) is 0. The second-order valence-corrected chi connectivity index (χ2v) is 10.9. The van der Waals surface area contributed by atoms with Gasteiger partial charge in [-0.25, -0.2) is 0 Å². The van der Waals surface area contributed by atoms with Crippen LogP contribution in [0.1, 0.15) is 48.5 Å². The molecule has 2 heteroatoms. The molecule has 1 nitrogen and oxygen atoms in total. The molecule has 80 valence electrons. The third kappa shape index (κ3) is 3.82. The van der Waals surface area contributed by atoms with E-state index in [1.54, 1.807) is 0 Å². The van der Waals surface area contributed by atoms with E-state index < -0.39 is 8.32 Å². The zero-order valence-corrected chi connectivity index (χ0v) is 11.6. The third-order valence-corrected chi connectivity index (χ3v) is 8.38. The predicted molar refractivity (Wildman–Crippen MR) is 62.7 cm³/mol. The zero-order chi connectivity index (χ0) is 10.9. The van der Waals surface area contributed by atoms with E-state index in [1.165, 1.54) is 6.04 Å². The molecule has 0 aliphatic heterocycles.